The number of nitrogens with zero attached hydrogens (tertiary/aromatic N) is 1. The highest BCUT2D eigenvalue weighted by Gasteiger charge is 2.06. The van der Waals surface area contributed by atoms with E-state index >= 15 is 0 Å². The summed E-state index contributed by atoms with van der Waals surface area (Å²) in [5.41, 5.74) is 7.63. The van der Waals surface area contributed by atoms with Crippen LogP contribution in [0.1, 0.15) is 11.3 Å². The van der Waals surface area contributed by atoms with Crippen molar-refractivity contribution in [3.63, 3.8) is 0 Å². The molecule has 1 heterocycles. The lowest BCUT2D eigenvalue weighted by Gasteiger charge is -2.11. The van der Waals surface area contributed by atoms with Crippen LogP contribution in [0, 0.1) is 6.92 Å². The molecule has 1 aromatic carbocycles. The van der Waals surface area contributed by atoms with Gasteiger partial charge in [0.15, 0.2) is 23.1 Å². The third-order valence-corrected chi connectivity index (χ3v) is 2.87. The predicted octanol–water partition coefficient (Wildman–Crippen LogP) is 2.57. The molecule has 0 aliphatic rings. The van der Waals surface area contributed by atoms with E-state index in [-0.39, 0.29) is 0 Å². The van der Waals surface area contributed by atoms with Crippen LogP contribution in [0.25, 0.3) is 0 Å². The van der Waals surface area contributed by atoms with Crippen LogP contribution >= 0.6 is 0 Å². The van der Waals surface area contributed by atoms with Crippen molar-refractivity contribution in [1.82, 2.24) is 4.98 Å². The van der Waals surface area contributed by atoms with E-state index in [1.165, 1.54) is 0 Å². The van der Waals surface area contributed by atoms with Crippen molar-refractivity contribution in [3.05, 3.63) is 41.6 Å². The zero-order valence-corrected chi connectivity index (χ0v) is 11.8. The molecule has 20 heavy (non-hydrogen) atoms. The zero-order valence-electron chi connectivity index (χ0n) is 11.8. The summed E-state index contributed by atoms with van der Waals surface area (Å²) >= 11 is 0. The number of rotatable bonds is 5. The molecule has 5 heteroatoms. The van der Waals surface area contributed by atoms with Gasteiger partial charge in [-0.15, -0.1) is 0 Å². The molecule has 0 amide bonds. The van der Waals surface area contributed by atoms with Gasteiger partial charge in [0.1, 0.15) is 6.61 Å². The van der Waals surface area contributed by atoms with Crippen molar-refractivity contribution in [2.24, 2.45) is 0 Å². The highest BCUT2D eigenvalue weighted by molar-refractivity contribution is 5.47. The van der Waals surface area contributed by atoms with Crippen molar-refractivity contribution < 1.29 is 14.2 Å². The summed E-state index contributed by atoms with van der Waals surface area (Å²) < 4.78 is 16.1. The van der Waals surface area contributed by atoms with E-state index in [1.54, 1.807) is 14.2 Å². The number of benzene rings is 1. The molecule has 0 radical (unpaired) electrons. The molecule has 0 spiro atoms. The van der Waals surface area contributed by atoms with Gasteiger partial charge in [-0.3, -0.25) is 0 Å². The topological polar surface area (TPSA) is 66.6 Å². The van der Waals surface area contributed by atoms with Crippen molar-refractivity contribution >= 4 is 5.82 Å². The average molecular weight is 274 g/mol. The first-order chi connectivity index (χ1) is 9.63. The molecule has 0 fully saturated rings. The fourth-order valence-electron chi connectivity index (χ4n) is 1.82. The number of aromatic nitrogens is 1. The Bertz CT molecular complexity index is 600. The molecular weight excluding hydrogens is 256 g/mol. The molecule has 0 unspecified atom stereocenters. The van der Waals surface area contributed by atoms with E-state index in [9.17, 15) is 0 Å². The molecule has 0 saturated heterocycles. The number of pyridine rings is 1. The Morgan fingerprint density at radius 2 is 1.70 bits per heavy atom. The molecule has 0 saturated carbocycles. The minimum Gasteiger partial charge on any atom is -0.493 e. The third kappa shape index (κ3) is 3.12. The van der Waals surface area contributed by atoms with Gasteiger partial charge >= 0.3 is 0 Å². The minimum atomic E-state index is 0.384. The van der Waals surface area contributed by atoms with Crippen LogP contribution in [0.15, 0.2) is 30.3 Å². The Morgan fingerprint density at radius 1 is 1.00 bits per heavy atom. The Balaban J connectivity index is 2.10. The van der Waals surface area contributed by atoms with Gasteiger partial charge in [0, 0.05) is 5.69 Å². The lowest BCUT2D eigenvalue weighted by Crippen LogP contribution is -2.01. The predicted molar refractivity (Wildman–Crippen MR) is 77.3 cm³/mol. The van der Waals surface area contributed by atoms with Crippen molar-refractivity contribution in [2.75, 3.05) is 20.0 Å². The number of ether oxygens (including phenoxy) is 3. The molecular formula is C15H18N2O3. The third-order valence-electron chi connectivity index (χ3n) is 2.87. The molecule has 2 N–H and O–H groups in total. The van der Waals surface area contributed by atoms with Crippen LogP contribution in [0.3, 0.4) is 0 Å². The SMILES string of the molecule is COc1ccc(COc2ccc(C)nc2N)cc1OC. The van der Waals surface area contributed by atoms with Gasteiger partial charge in [-0.05, 0) is 36.8 Å². The summed E-state index contributed by atoms with van der Waals surface area (Å²) in [7, 11) is 3.21. The number of hydrogen-bond donors (Lipinski definition) is 1. The normalized spacial score (nSPS) is 10.2. The van der Waals surface area contributed by atoms with Gasteiger partial charge in [0.2, 0.25) is 0 Å². The summed E-state index contributed by atoms with van der Waals surface area (Å²) in [6.07, 6.45) is 0. The van der Waals surface area contributed by atoms with Crippen molar-refractivity contribution in [2.45, 2.75) is 13.5 Å². The highest BCUT2D eigenvalue weighted by Crippen LogP contribution is 2.28. The fraction of sp³-hybridized carbons (Fsp3) is 0.267. The number of anilines is 1. The van der Waals surface area contributed by atoms with Gasteiger partial charge in [0.25, 0.3) is 0 Å². The molecule has 0 bridgehead atoms. The molecule has 106 valence electrons. The van der Waals surface area contributed by atoms with Crippen LogP contribution < -0.4 is 19.9 Å². The van der Waals surface area contributed by atoms with E-state index in [1.807, 2.05) is 37.3 Å². The molecule has 1 aromatic heterocycles. The van der Waals surface area contributed by atoms with Crippen molar-refractivity contribution in [1.29, 1.82) is 0 Å². The number of nitrogen functional groups attached to an aromatic ring is 1. The van der Waals surface area contributed by atoms with E-state index in [4.69, 9.17) is 19.9 Å². The second-order valence-corrected chi connectivity index (χ2v) is 4.31. The second-order valence-electron chi connectivity index (χ2n) is 4.31. The van der Waals surface area contributed by atoms with E-state index < -0.39 is 0 Å². The van der Waals surface area contributed by atoms with Gasteiger partial charge in [-0.1, -0.05) is 6.07 Å². The van der Waals surface area contributed by atoms with Crippen LogP contribution in [-0.4, -0.2) is 19.2 Å². The van der Waals surface area contributed by atoms with Crippen molar-refractivity contribution in [3.8, 4) is 17.2 Å². The highest BCUT2D eigenvalue weighted by atomic mass is 16.5. The molecule has 0 aliphatic heterocycles. The summed E-state index contributed by atoms with van der Waals surface area (Å²) in [6.45, 7) is 2.27. The Morgan fingerprint density at radius 3 is 2.35 bits per heavy atom. The van der Waals surface area contributed by atoms with Gasteiger partial charge in [-0.25, -0.2) is 4.98 Å². The smallest absolute Gasteiger partial charge is 0.166 e. The Labute approximate surface area is 118 Å². The molecule has 0 aliphatic carbocycles. The largest absolute Gasteiger partial charge is 0.493 e. The van der Waals surface area contributed by atoms with E-state index in [0.29, 0.717) is 29.7 Å². The quantitative estimate of drug-likeness (QED) is 0.907. The Hall–Kier alpha value is -2.43. The summed E-state index contributed by atoms with van der Waals surface area (Å²) in [5.74, 6) is 2.33. The lowest BCUT2D eigenvalue weighted by molar-refractivity contribution is 0.304. The summed E-state index contributed by atoms with van der Waals surface area (Å²) in [5, 5.41) is 0. The Kier molecular flexibility index (Phi) is 4.30. The van der Waals surface area contributed by atoms with E-state index in [2.05, 4.69) is 4.98 Å². The number of hydrogen-bond acceptors (Lipinski definition) is 5. The first-order valence-electron chi connectivity index (χ1n) is 6.21. The molecule has 5 nitrogen and oxygen atoms in total. The van der Waals surface area contributed by atoms with Crippen LogP contribution in [0.5, 0.6) is 17.2 Å². The number of nitrogens with two attached hydrogens (primary N) is 1. The average Bonchev–Trinajstić information content (AvgIpc) is 2.46. The van der Waals surface area contributed by atoms with Gasteiger partial charge in [0.05, 0.1) is 14.2 Å². The fourth-order valence-corrected chi connectivity index (χ4v) is 1.82. The van der Waals surface area contributed by atoms with Gasteiger partial charge in [-0.2, -0.15) is 0 Å². The number of methoxy groups -OCH3 is 2. The zero-order chi connectivity index (χ0) is 14.5. The maximum Gasteiger partial charge on any atom is 0.166 e. The maximum atomic E-state index is 5.81. The van der Waals surface area contributed by atoms with Crippen LogP contribution in [0.4, 0.5) is 5.82 Å². The minimum absolute atomic E-state index is 0.384. The first-order valence-corrected chi connectivity index (χ1v) is 6.21. The lowest BCUT2D eigenvalue weighted by atomic mass is 10.2. The van der Waals surface area contributed by atoms with E-state index in [0.717, 1.165) is 11.3 Å². The summed E-state index contributed by atoms with van der Waals surface area (Å²) in [6, 6.07) is 9.31. The van der Waals surface area contributed by atoms with Crippen LogP contribution in [0.2, 0.25) is 0 Å². The number of aryl methyl sites for hydroxylation is 1. The van der Waals surface area contributed by atoms with Gasteiger partial charge < -0.3 is 19.9 Å². The van der Waals surface area contributed by atoms with Crippen LogP contribution in [-0.2, 0) is 6.61 Å². The molecule has 0 atom stereocenters. The molecule has 2 aromatic rings. The second kappa shape index (κ2) is 6.14. The summed E-state index contributed by atoms with van der Waals surface area (Å²) in [4.78, 5) is 4.16. The molecule has 2 rings (SSSR count). The first kappa shape index (κ1) is 14.0. The monoisotopic (exact) mass is 274 g/mol. The maximum absolute atomic E-state index is 5.81. The standard InChI is InChI=1S/C15H18N2O3/c1-10-4-6-13(15(16)17-10)20-9-11-5-7-12(18-2)14(8-11)19-3/h4-8H,9H2,1-3H3,(H2,16,17).